The maximum absolute atomic E-state index is 13.1. The topological polar surface area (TPSA) is 83.6 Å². The minimum atomic E-state index is -0.320. The molecule has 33 heavy (non-hydrogen) atoms. The molecule has 0 saturated heterocycles. The van der Waals surface area contributed by atoms with Gasteiger partial charge >= 0.3 is 0 Å². The van der Waals surface area contributed by atoms with Gasteiger partial charge in [-0.3, -0.25) is 9.48 Å². The molecule has 4 aromatic rings. The molecule has 0 unspecified atom stereocenters. The van der Waals surface area contributed by atoms with Crippen LogP contribution in [0.3, 0.4) is 0 Å². The zero-order chi connectivity index (χ0) is 23.0. The molecule has 3 aromatic carbocycles. The second kappa shape index (κ2) is 10.2. The summed E-state index contributed by atoms with van der Waals surface area (Å²) >= 11 is 0. The highest BCUT2D eigenvalue weighted by Gasteiger charge is 2.08. The predicted octanol–water partition coefficient (Wildman–Crippen LogP) is 5.18. The summed E-state index contributed by atoms with van der Waals surface area (Å²) in [5, 5.41) is 20.7. The van der Waals surface area contributed by atoms with E-state index in [1.807, 2.05) is 54.6 Å². The molecule has 1 aromatic heterocycles. The van der Waals surface area contributed by atoms with E-state index in [9.17, 15) is 14.4 Å². The molecular weight excluding hydrogens is 417 g/mol. The van der Waals surface area contributed by atoms with Gasteiger partial charge in [0.2, 0.25) is 5.91 Å². The average molecular weight is 437 g/mol. The molecule has 0 saturated carbocycles. The Morgan fingerprint density at radius 2 is 1.76 bits per heavy atom. The van der Waals surface area contributed by atoms with Crippen LogP contribution in [0.2, 0.25) is 0 Å². The van der Waals surface area contributed by atoms with E-state index in [0.717, 1.165) is 22.4 Å². The number of allylic oxidation sites excluding steroid dienone is 1. The van der Waals surface area contributed by atoms with E-state index >= 15 is 0 Å². The van der Waals surface area contributed by atoms with E-state index in [1.165, 1.54) is 12.1 Å². The lowest BCUT2D eigenvalue weighted by atomic mass is 10.0. The summed E-state index contributed by atoms with van der Waals surface area (Å²) in [4.78, 5) is 12.1. The molecular formula is C26H20FN5O. The molecule has 1 N–H and O–H groups in total. The fraction of sp³-hybridized carbons (Fsp3) is 0.0769. The molecule has 0 fully saturated rings. The van der Waals surface area contributed by atoms with Crippen LogP contribution in [-0.4, -0.2) is 20.9 Å². The third-order valence-electron chi connectivity index (χ3n) is 4.96. The zero-order valence-electron chi connectivity index (χ0n) is 17.6. The minimum Gasteiger partial charge on any atom is -0.326 e. The van der Waals surface area contributed by atoms with E-state index < -0.39 is 0 Å². The number of aryl methyl sites for hydroxylation is 1. The SMILES string of the molecule is N#C/C(=C\c1ccc(F)cc1)c1ccc(-c2cn(CCC(=O)Nc3ccccc3)nn2)cc1. The van der Waals surface area contributed by atoms with Gasteiger partial charge in [0.15, 0.2) is 0 Å². The standard InChI is InChI=1S/C26H20FN5O/c27-23-12-6-19(7-13-23)16-22(17-28)20-8-10-21(11-9-20)25-18-32(31-30-25)15-14-26(33)29-24-4-2-1-3-5-24/h1-13,16,18H,14-15H2,(H,29,33)/b22-16+. The van der Waals surface area contributed by atoms with Gasteiger partial charge in [-0.15, -0.1) is 5.10 Å². The summed E-state index contributed by atoms with van der Waals surface area (Å²) in [6, 6.07) is 24.8. The van der Waals surface area contributed by atoms with Crippen LogP contribution in [-0.2, 0) is 11.3 Å². The monoisotopic (exact) mass is 437 g/mol. The lowest BCUT2D eigenvalue weighted by molar-refractivity contribution is -0.116. The second-order valence-electron chi connectivity index (χ2n) is 7.33. The second-order valence-corrected chi connectivity index (χ2v) is 7.33. The molecule has 7 heteroatoms. The van der Waals surface area contributed by atoms with Gasteiger partial charge in [-0.25, -0.2) is 4.39 Å². The lowest BCUT2D eigenvalue weighted by Crippen LogP contribution is -2.14. The smallest absolute Gasteiger partial charge is 0.226 e. The highest BCUT2D eigenvalue weighted by atomic mass is 19.1. The Morgan fingerprint density at radius 1 is 1.03 bits per heavy atom. The van der Waals surface area contributed by atoms with Crippen molar-refractivity contribution >= 4 is 23.2 Å². The first-order valence-corrected chi connectivity index (χ1v) is 10.3. The Bertz CT molecular complexity index is 1300. The molecule has 0 aliphatic rings. The summed E-state index contributed by atoms with van der Waals surface area (Å²) in [5.74, 6) is -0.417. The van der Waals surface area contributed by atoms with Crippen molar-refractivity contribution in [2.24, 2.45) is 0 Å². The highest BCUT2D eigenvalue weighted by Crippen LogP contribution is 2.22. The van der Waals surface area contributed by atoms with E-state index in [4.69, 9.17) is 0 Å². The minimum absolute atomic E-state index is 0.0976. The molecule has 4 rings (SSSR count). The van der Waals surface area contributed by atoms with Gasteiger partial charge < -0.3 is 5.32 Å². The van der Waals surface area contributed by atoms with Gasteiger partial charge in [0.1, 0.15) is 11.5 Å². The van der Waals surface area contributed by atoms with Gasteiger partial charge in [-0.2, -0.15) is 5.26 Å². The van der Waals surface area contributed by atoms with Gasteiger partial charge in [-0.05, 0) is 41.5 Å². The number of hydrogen-bond donors (Lipinski definition) is 1. The Labute approximate surface area is 190 Å². The van der Waals surface area contributed by atoms with Crippen LogP contribution in [0.1, 0.15) is 17.5 Å². The molecule has 0 spiro atoms. The third kappa shape index (κ3) is 5.77. The molecule has 0 radical (unpaired) electrons. The van der Waals surface area contributed by atoms with Crippen molar-refractivity contribution in [3.05, 3.63) is 102 Å². The van der Waals surface area contributed by atoms with Crippen molar-refractivity contribution in [3.63, 3.8) is 0 Å². The first-order chi connectivity index (χ1) is 16.1. The van der Waals surface area contributed by atoms with E-state index in [-0.39, 0.29) is 18.1 Å². The van der Waals surface area contributed by atoms with Crippen LogP contribution >= 0.6 is 0 Å². The quantitative estimate of drug-likeness (QED) is 0.319. The number of carbonyl (C=O) groups excluding carboxylic acids is 1. The Kier molecular flexibility index (Phi) is 6.67. The van der Waals surface area contributed by atoms with Crippen molar-refractivity contribution in [1.29, 1.82) is 5.26 Å². The van der Waals surface area contributed by atoms with Crippen LogP contribution < -0.4 is 5.32 Å². The number of hydrogen-bond acceptors (Lipinski definition) is 4. The molecule has 6 nitrogen and oxygen atoms in total. The number of aromatic nitrogens is 3. The number of nitrogens with zero attached hydrogens (tertiary/aromatic N) is 4. The van der Waals surface area contributed by atoms with Gasteiger partial charge in [0.05, 0.1) is 24.4 Å². The summed E-state index contributed by atoms with van der Waals surface area (Å²) in [6.45, 7) is 0.405. The van der Waals surface area contributed by atoms with Crippen LogP contribution in [0.25, 0.3) is 22.9 Å². The molecule has 0 bridgehead atoms. The number of carbonyl (C=O) groups is 1. The normalized spacial score (nSPS) is 11.1. The number of rotatable bonds is 7. The molecule has 1 heterocycles. The van der Waals surface area contributed by atoms with E-state index in [2.05, 4.69) is 21.7 Å². The maximum Gasteiger partial charge on any atom is 0.226 e. The number of nitrogens with one attached hydrogen (secondary N) is 1. The van der Waals surface area contributed by atoms with Crippen molar-refractivity contribution < 1.29 is 9.18 Å². The fourth-order valence-corrected chi connectivity index (χ4v) is 3.23. The zero-order valence-corrected chi connectivity index (χ0v) is 17.6. The molecule has 0 aliphatic carbocycles. The molecule has 0 aliphatic heterocycles. The van der Waals surface area contributed by atoms with Gasteiger partial charge in [0.25, 0.3) is 0 Å². The van der Waals surface area contributed by atoms with Gasteiger partial charge in [-0.1, -0.05) is 59.8 Å². The van der Waals surface area contributed by atoms with E-state index in [0.29, 0.717) is 17.8 Å². The summed E-state index contributed by atoms with van der Waals surface area (Å²) in [6.07, 6.45) is 3.77. The number of anilines is 1. The number of benzene rings is 3. The largest absolute Gasteiger partial charge is 0.326 e. The van der Waals surface area contributed by atoms with Crippen LogP contribution in [0.5, 0.6) is 0 Å². The molecule has 162 valence electrons. The van der Waals surface area contributed by atoms with E-state index in [1.54, 1.807) is 29.1 Å². The van der Waals surface area contributed by atoms with Crippen LogP contribution in [0.15, 0.2) is 85.1 Å². The molecule has 0 atom stereocenters. The maximum atomic E-state index is 13.1. The predicted molar refractivity (Wildman–Crippen MR) is 125 cm³/mol. The first kappa shape index (κ1) is 21.7. The Hall–Kier alpha value is -4.57. The molecule has 1 amide bonds. The van der Waals surface area contributed by atoms with Crippen molar-refractivity contribution in [1.82, 2.24) is 15.0 Å². The van der Waals surface area contributed by atoms with Crippen LogP contribution in [0.4, 0.5) is 10.1 Å². The van der Waals surface area contributed by atoms with Crippen molar-refractivity contribution in [2.45, 2.75) is 13.0 Å². The first-order valence-electron chi connectivity index (χ1n) is 10.3. The summed E-state index contributed by atoms with van der Waals surface area (Å²) in [5.41, 5.74) is 4.24. The van der Waals surface area contributed by atoms with Crippen molar-refractivity contribution in [3.8, 4) is 17.3 Å². The Morgan fingerprint density at radius 3 is 2.45 bits per heavy atom. The summed E-state index contributed by atoms with van der Waals surface area (Å²) < 4.78 is 14.7. The third-order valence-corrected chi connectivity index (χ3v) is 4.96. The Balaban J connectivity index is 1.39. The highest BCUT2D eigenvalue weighted by molar-refractivity contribution is 5.91. The number of halogens is 1. The van der Waals surface area contributed by atoms with Crippen LogP contribution in [0, 0.1) is 17.1 Å². The van der Waals surface area contributed by atoms with Crippen molar-refractivity contribution in [2.75, 3.05) is 5.32 Å². The lowest BCUT2D eigenvalue weighted by Gasteiger charge is -2.04. The number of amides is 1. The number of para-hydroxylation sites is 1. The van der Waals surface area contributed by atoms with Gasteiger partial charge in [0, 0.05) is 17.7 Å². The average Bonchev–Trinajstić information content (AvgIpc) is 3.32. The summed E-state index contributed by atoms with van der Waals surface area (Å²) in [7, 11) is 0. The fourth-order valence-electron chi connectivity index (χ4n) is 3.23. The number of nitriles is 1.